The Hall–Kier alpha value is -4.31. The maximum absolute atomic E-state index is 13.5. The molecule has 5 N–H and O–H groups in total. The number of amides is 1. The van der Waals surface area contributed by atoms with Gasteiger partial charge in [-0.05, 0) is 77.1 Å². The Morgan fingerprint density at radius 1 is 1.07 bits per heavy atom. The smallest absolute Gasteiger partial charge is 0.339 e. The minimum Gasteiger partial charge on any atom is -0.508 e. The SMILES string of the molecule is CC(C)=CCCC(C)=CCCC1(C)Oc2c(c(O)cc3c2CN(C(C(=O)O)c2ccc(O)c(C(=O)O)c2)C3=O)CC1O. The molecule has 2 aliphatic rings. The van der Waals surface area contributed by atoms with Crippen molar-refractivity contribution < 1.29 is 44.7 Å². The monoisotopic (exact) mass is 579 g/mol. The van der Waals surface area contributed by atoms with E-state index in [1.54, 1.807) is 6.92 Å². The predicted octanol–water partition coefficient (Wildman–Crippen LogP) is 5.11. The van der Waals surface area contributed by atoms with Crippen LogP contribution < -0.4 is 4.74 Å². The third-order valence-electron chi connectivity index (χ3n) is 8.06. The predicted molar refractivity (Wildman–Crippen MR) is 154 cm³/mol. The first-order valence-corrected chi connectivity index (χ1v) is 13.9. The van der Waals surface area contributed by atoms with Gasteiger partial charge in [-0.25, -0.2) is 9.59 Å². The van der Waals surface area contributed by atoms with E-state index in [4.69, 9.17) is 4.74 Å². The summed E-state index contributed by atoms with van der Waals surface area (Å²) in [5.74, 6) is -4.04. The summed E-state index contributed by atoms with van der Waals surface area (Å²) in [6.07, 6.45) is 6.45. The molecule has 0 aliphatic carbocycles. The molecule has 0 bridgehead atoms. The fraction of sp³-hybridized carbons (Fsp3) is 0.406. The van der Waals surface area contributed by atoms with E-state index in [-0.39, 0.29) is 35.6 Å². The number of aliphatic hydroxyl groups is 1. The first-order chi connectivity index (χ1) is 19.7. The Morgan fingerprint density at radius 3 is 2.43 bits per heavy atom. The molecule has 10 heteroatoms. The van der Waals surface area contributed by atoms with E-state index < -0.39 is 46.9 Å². The van der Waals surface area contributed by atoms with Crippen LogP contribution in [0.3, 0.4) is 0 Å². The highest BCUT2D eigenvalue weighted by Crippen LogP contribution is 2.47. The van der Waals surface area contributed by atoms with Crippen LogP contribution >= 0.6 is 0 Å². The Balaban J connectivity index is 1.63. The minimum absolute atomic E-state index is 0.00938. The van der Waals surface area contributed by atoms with Crippen molar-refractivity contribution in [3.8, 4) is 17.2 Å². The summed E-state index contributed by atoms with van der Waals surface area (Å²) < 4.78 is 6.37. The second-order valence-electron chi connectivity index (χ2n) is 11.5. The number of carboxylic acids is 2. The van der Waals surface area contributed by atoms with Gasteiger partial charge in [0.05, 0.1) is 18.2 Å². The number of hydrogen-bond donors (Lipinski definition) is 5. The number of ether oxygens (including phenoxy) is 1. The Kier molecular flexibility index (Phi) is 8.68. The van der Waals surface area contributed by atoms with E-state index in [2.05, 4.69) is 32.9 Å². The summed E-state index contributed by atoms with van der Waals surface area (Å²) in [5, 5.41) is 51.2. The van der Waals surface area contributed by atoms with E-state index in [9.17, 15) is 39.9 Å². The van der Waals surface area contributed by atoms with Crippen LogP contribution in [0, 0.1) is 0 Å². The van der Waals surface area contributed by atoms with Crippen molar-refractivity contribution in [2.45, 2.75) is 84.1 Å². The molecule has 0 radical (unpaired) electrons. The van der Waals surface area contributed by atoms with Crippen LogP contribution in [0.1, 0.15) is 96.8 Å². The summed E-state index contributed by atoms with van der Waals surface area (Å²) in [6.45, 7) is 7.79. The van der Waals surface area contributed by atoms with Gasteiger partial charge in [-0.2, -0.15) is 0 Å². The molecule has 3 unspecified atom stereocenters. The zero-order valence-electron chi connectivity index (χ0n) is 24.2. The number of phenolic OH excluding ortho intramolecular Hbond substituents is 1. The van der Waals surface area contributed by atoms with Crippen molar-refractivity contribution in [2.24, 2.45) is 0 Å². The number of carbonyl (C=O) groups is 3. The lowest BCUT2D eigenvalue weighted by Gasteiger charge is -2.41. The Bertz CT molecular complexity index is 1490. The second-order valence-corrected chi connectivity index (χ2v) is 11.5. The van der Waals surface area contributed by atoms with Crippen molar-refractivity contribution in [2.75, 3.05) is 0 Å². The van der Waals surface area contributed by atoms with Crippen LogP contribution in [0.2, 0.25) is 0 Å². The average molecular weight is 580 g/mol. The maximum Gasteiger partial charge on any atom is 0.339 e. The van der Waals surface area contributed by atoms with E-state index in [1.807, 2.05) is 0 Å². The molecule has 2 heterocycles. The standard InChI is InChI=1S/C32H37NO9/c1-17(2)7-5-8-18(3)9-6-12-32(4)26(36)15-21-25(35)14-20-23(28(21)42-32)16-33(29(20)37)27(31(40)41)19-10-11-24(34)22(13-19)30(38)39/h7,9-11,13-14,26-27,34-36H,5-6,8,12,15-16H2,1-4H3,(H,38,39)(H,40,41). The van der Waals surface area contributed by atoms with Gasteiger partial charge in [0.2, 0.25) is 0 Å². The molecule has 10 nitrogen and oxygen atoms in total. The topological polar surface area (TPSA) is 165 Å². The summed E-state index contributed by atoms with van der Waals surface area (Å²) in [7, 11) is 0. The highest BCUT2D eigenvalue weighted by Gasteiger charge is 2.46. The summed E-state index contributed by atoms with van der Waals surface area (Å²) in [4.78, 5) is 38.5. The molecular weight excluding hydrogens is 542 g/mol. The lowest BCUT2D eigenvalue weighted by molar-refractivity contribution is -0.142. The Labute approximate surface area is 244 Å². The Morgan fingerprint density at radius 2 is 1.79 bits per heavy atom. The number of hydrogen-bond acceptors (Lipinski definition) is 7. The third-order valence-corrected chi connectivity index (χ3v) is 8.06. The van der Waals surface area contributed by atoms with Gasteiger partial charge in [0.25, 0.3) is 5.91 Å². The number of aliphatic carboxylic acids is 1. The molecule has 4 rings (SSSR count). The molecule has 224 valence electrons. The average Bonchev–Trinajstić information content (AvgIpc) is 3.21. The third kappa shape index (κ3) is 5.99. The van der Waals surface area contributed by atoms with E-state index in [1.165, 1.54) is 23.3 Å². The van der Waals surface area contributed by atoms with Gasteiger partial charge in [-0.15, -0.1) is 0 Å². The van der Waals surface area contributed by atoms with Crippen molar-refractivity contribution in [1.29, 1.82) is 0 Å². The number of aromatic hydroxyl groups is 2. The van der Waals surface area contributed by atoms with Gasteiger partial charge in [0, 0.05) is 17.5 Å². The lowest BCUT2D eigenvalue weighted by Crippen LogP contribution is -2.49. The number of phenols is 2. The normalized spacial score (nSPS) is 20.4. The molecular formula is C32H37NO9. The molecule has 0 saturated carbocycles. The number of aliphatic hydroxyl groups excluding tert-OH is 1. The number of nitrogens with zero attached hydrogens (tertiary/aromatic N) is 1. The quantitative estimate of drug-likeness (QED) is 0.241. The number of fused-ring (bicyclic) bond motifs is 3. The second kappa shape index (κ2) is 11.9. The zero-order valence-corrected chi connectivity index (χ0v) is 24.2. The number of carbonyl (C=O) groups excluding carboxylic acids is 1. The van der Waals surface area contributed by atoms with Crippen LogP contribution in [0.25, 0.3) is 0 Å². The van der Waals surface area contributed by atoms with Crippen LogP contribution in [-0.2, 0) is 17.8 Å². The number of benzene rings is 2. The largest absolute Gasteiger partial charge is 0.508 e. The molecule has 0 fully saturated rings. The zero-order chi connectivity index (χ0) is 30.9. The molecule has 0 aromatic heterocycles. The molecule has 2 aliphatic heterocycles. The first kappa shape index (κ1) is 30.6. The van der Waals surface area contributed by atoms with Gasteiger partial charge in [0.1, 0.15) is 28.4 Å². The van der Waals surface area contributed by atoms with Crippen molar-refractivity contribution in [1.82, 2.24) is 4.90 Å². The highest BCUT2D eigenvalue weighted by atomic mass is 16.5. The van der Waals surface area contributed by atoms with Crippen LogP contribution in [0.4, 0.5) is 0 Å². The van der Waals surface area contributed by atoms with Gasteiger partial charge >= 0.3 is 11.9 Å². The molecule has 2 aromatic rings. The molecule has 3 atom stereocenters. The molecule has 0 spiro atoms. The summed E-state index contributed by atoms with van der Waals surface area (Å²) >= 11 is 0. The van der Waals surface area contributed by atoms with Crippen molar-refractivity contribution in [3.05, 3.63) is 75.4 Å². The van der Waals surface area contributed by atoms with Crippen LogP contribution in [0.5, 0.6) is 17.2 Å². The fourth-order valence-electron chi connectivity index (χ4n) is 5.58. The van der Waals surface area contributed by atoms with Gasteiger partial charge in [-0.1, -0.05) is 29.4 Å². The van der Waals surface area contributed by atoms with E-state index in [0.29, 0.717) is 24.0 Å². The fourth-order valence-corrected chi connectivity index (χ4v) is 5.58. The van der Waals surface area contributed by atoms with E-state index in [0.717, 1.165) is 29.9 Å². The van der Waals surface area contributed by atoms with Crippen LogP contribution in [0.15, 0.2) is 47.6 Å². The van der Waals surface area contributed by atoms with Gasteiger partial charge in [-0.3, -0.25) is 4.79 Å². The van der Waals surface area contributed by atoms with Crippen molar-refractivity contribution >= 4 is 17.8 Å². The highest BCUT2D eigenvalue weighted by molar-refractivity contribution is 6.02. The molecule has 0 saturated heterocycles. The van der Waals surface area contributed by atoms with E-state index >= 15 is 0 Å². The number of allylic oxidation sites excluding steroid dienone is 4. The van der Waals surface area contributed by atoms with Gasteiger partial charge in [0.15, 0.2) is 6.04 Å². The lowest BCUT2D eigenvalue weighted by atomic mass is 9.84. The number of aromatic carboxylic acids is 1. The minimum atomic E-state index is -1.57. The number of carboxylic acid groups (broad SMARTS) is 2. The van der Waals surface area contributed by atoms with Gasteiger partial charge < -0.3 is 35.2 Å². The molecule has 42 heavy (non-hydrogen) atoms. The number of rotatable bonds is 10. The maximum atomic E-state index is 13.5. The summed E-state index contributed by atoms with van der Waals surface area (Å²) in [6, 6.07) is 3.04. The summed E-state index contributed by atoms with van der Waals surface area (Å²) in [5.41, 5.74) is 1.76. The van der Waals surface area contributed by atoms with Crippen molar-refractivity contribution in [3.63, 3.8) is 0 Å². The molecule has 1 amide bonds. The first-order valence-electron chi connectivity index (χ1n) is 13.9. The van der Waals surface area contributed by atoms with Crippen LogP contribution in [-0.4, -0.2) is 60.0 Å². The molecule has 2 aromatic carbocycles.